The molecule has 1 unspecified atom stereocenters. The van der Waals surface area contributed by atoms with E-state index in [9.17, 15) is 0 Å². The highest BCUT2D eigenvalue weighted by Crippen LogP contribution is 2.31. The van der Waals surface area contributed by atoms with Gasteiger partial charge in [0.2, 0.25) is 0 Å². The second kappa shape index (κ2) is 7.04. The van der Waals surface area contributed by atoms with E-state index in [2.05, 4.69) is 25.8 Å². The Bertz CT molecular complexity index is 503. The number of nitrogens with zero attached hydrogens (tertiary/aromatic N) is 4. The number of piperidine rings is 2. The maximum atomic E-state index is 5.88. The van der Waals surface area contributed by atoms with Crippen LogP contribution in [0.15, 0.2) is 12.4 Å². The highest BCUT2D eigenvalue weighted by Gasteiger charge is 2.30. The molecule has 0 saturated carbocycles. The maximum Gasteiger partial charge on any atom is 0.134 e. The van der Waals surface area contributed by atoms with Gasteiger partial charge in [0.05, 0.1) is 6.10 Å². The van der Waals surface area contributed by atoms with E-state index in [1.54, 1.807) is 6.33 Å². The smallest absolute Gasteiger partial charge is 0.134 e. The molecule has 3 aliphatic rings. The maximum absolute atomic E-state index is 5.88. The highest BCUT2D eigenvalue weighted by atomic mass is 16.5. The third kappa shape index (κ3) is 3.44. The third-order valence-corrected chi connectivity index (χ3v) is 5.67. The van der Waals surface area contributed by atoms with Gasteiger partial charge in [-0.1, -0.05) is 0 Å². The second-order valence-corrected chi connectivity index (χ2v) is 7.16. The molecule has 0 bridgehead atoms. The van der Waals surface area contributed by atoms with Crippen molar-refractivity contribution in [2.24, 2.45) is 5.92 Å². The Labute approximate surface area is 139 Å². The van der Waals surface area contributed by atoms with E-state index in [0.29, 0.717) is 6.10 Å². The fourth-order valence-electron chi connectivity index (χ4n) is 4.28. The Kier molecular flexibility index (Phi) is 4.64. The largest absolute Gasteiger partial charge is 0.378 e. The van der Waals surface area contributed by atoms with E-state index in [4.69, 9.17) is 4.74 Å². The molecule has 4 heterocycles. The molecule has 0 spiro atoms. The van der Waals surface area contributed by atoms with Gasteiger partial charge in [-0.3, -0.25) is 0 Å². The van der Waals surface area contributed by atoms with Crippen LogP contribution in [-0.4, -0.2) is 48.9 Å². The minimum Gasteiger partial charge on any atom is -0.378 e. The van der Waals surface area contributed by atoms with Gasteiger partial charge in [-0.25, -0.2) is 9.97 Å². The summed E-state index contributed by atoms with van der Waals surface area (Å²) < 4.78 is 5.88. The van der Waals surface area contributed by atoms with Crippen molar-refractivity contribution in [2.75, 3.05) is 42.6 Å². The Morgan fingerprint density at radius 1 is 0.826 bits per heavy atom. The minimum absolute atomic E-state index is 0.520. The Morgan fingerprint density at radius 3 is 2.17 bits per heavy atom. The number of ether oxygens (including phenoxy) is 1. The molecule has 0 N–H and O–H groups in total. The first-order valence-electron chi connectivity index (χ1n) is 9.34. The van der Waals surface area contributed by atoms with Crippen LogP contribution in [0.25, 0.3) is 0 Å². The van der Waals surface area contributed by atoms with Gasteiger partial charge in [0, 0.05) is 38.9 Å². The van der Waals surface area contributed by atoms with Crippen LogP contribution < -0.4 is 9.80 Å². The molecule has 1 aromatic heterocycles. The highest BCUT2D eigenvalue weighted by molar-refractivity contribution is 5.50. The summed E-state index contributed by atoms with van der Waals surface area (Å²) in [5.41, 5.74) is 0. The molecule has 0 aliphatic carbocycles. The van der Waals surface area contributed by atoms with Crippen molar-refractivity contribution in [3.8, 4) is 0 Å². The van der Waals surface area contributed by atoms with Gasteiger partial charge in [-0.2, -0.15) is 0 Å². The van der Waals surface area contributed by atoms with E-state index in [0.717, 1.165) is 50.3 Å². The summed E-state index contributed by atoms with van der Waals surface area (Å²) in [5, 5.41) is 0. The summed E-state index contributed by atoms with van der Waals surface area (Å²) in [6.07, 6.45) is 11.1. The molecule has 3 saturated heterocycles. The summed E-state index contributed by atoms with van der Waals surface area (Å²) in [4.78, 5) is 13.9. The van der Waals surface area contributed by atoms with E-state index in [-0.39, 0.29) is 0 Å². The zero-order chi connectivity index (χ0) is 15.5. The summed E-state index contributed by atoms with van der Waals surface area (Å²) in [7, 11) is 0. The van der Waals surface area contributed by atoms with Gasteiger partial charge in [0.1, 0.15) is 18.0 Å². The normalized spacial score (nSPS) is 26.7. The van der Waals surface area contributed by atoms with Gasteiger partial charge >= 0.3 is 0 Å². The van der Waals surface area contributed by atoms with Crippen molar-refractivity contribution in [1.29, 1.82) is 0 Å². The van der Waals surface area contributed by atoms with Crippen LogP contribution in [0.1, 0.15) is 44.9 Å². The molecule has 5 nitrogen and oxygen atoms in total. The van der Waals surface area contributed by atoms with Crippen molar-refractivity contribution < 1.29 is 4.74 Å². The molecule has 0 radical (unpaired) electrons. The fourth-order valence-corrected chi connectivity index (χ4v) is 4.28. The van der Waals surface area contributed by atoms with Crippen molar-refractivity contribution in [1.82, 2.24) is 9.97 Å². The molecule has 3 aliphatic heterocycles. The molecular weight excluding hydrogens is 288 g/mol. The SMILES string of the molecule is c1nc(N2CCCCC2)cc(N2CCC(C3CCCO3)CC2)n1. The lowest BCUT2D eigenvalue weighted by Gasteiger charge is -2.35. The fraction of sp³-hybridized carbons (Fsp3) is 0.778. The predicted octanol–water partition coefficient (Wildman–Crippen LogP) is 2.86. The number of anilines is 2. The van der Waals surface area contributed by atoms with Crippen LogP contribution in [0.4, 0.5) is 11.6 Å². The third-order valence-electron chi connectivity index (χ3n) is 5.67. The summed E-state index contributed by atoms with van der Waals surface area (Å²) in [5.74, 6) is 2.96. The summed E-state index contributed by atoms with van der Waals surface area (Å²) in [6.45, 7) is 5.44. The van der Waals surface area contributed by atoms with Gasteiger partial charge in [0.25, 0.3) is 0 Å². The lowest BCUT2D eigenvalue weighted by molar-refractivity contribution is 0.0531. The molecule has 126 valence electrons. The van der Waals surface area contributed by atoms with Crippen LogP contribution in [0.5, 0.6) is 0 Å². The van der Waals surface area contributed by atoms with Gasteiger partial charge < -0.3 is 14.5 Å². The Morgan fingerprint density at radius 2 is 1.52 bits per heavy atom. The average molecular weight is 316 g/mol. The summed E-state index contributed by atoms with van der Waals surface area (Å²) >= 11 is 0. The number of rotatable bonds is 3. The average Bonchev–Trinajstić information content (AvgIpc) is 3.17. The molecule has 23 heavy (non-hydrogen) atoms. The van der Waals surface area contributed by atoms with Gasteiger partial charge in [0.15, 0.2) is 0 Å². The number of aromatic nitrogens is 2. The molecule has 1 aromatic rings. The molecule has 0 amide bonds. The van der Waals surface area contributed by atoms with Crippen molar-refractivity contribution in [3.63, 3.8) is 0 Å². The monoisotopic (exact) mass is 316 g/mol. The van der Waals surface area contributed by atoms with Crippen molar-refractivity contribution >= 4 is 11.6 Å². The van der Waals surface area contributed by atoms with Crippen LogP contribution >= 0.6 is 0 Å². The Hall–Kier alpha value is -1.36. The molecule has 0 aromatic carbocycles. The first kappa shape index (κ1) is 15.2. The lowest BCUT2D eigenvalue weighted by Crippen LogP contribution is -2.38. The Balaban J connectivity index is 1.38. The summed E-state index contributed by atoms with van der Waals surface area (Å²) in [6, 6.07) is 2.19. The number of hydrogen-bond donors (Lipinski definition) is 0. The zero-order valence-electron chi connectivity index (χ0n) is 14.0. The van der Waals surface area contributed by atoms with Gasteiger partial charge in [-0.15, -0.1) is 0 Å². The van der Waals surface area contributed by atoms with Crippen molar-refractivity contribution in [2.45, 2.75) is 51.0 Å². The minimum atomic E-state index is 0.520. The van der Waals surface area contributed by atoms with Crippen LogP contribution in [-0.2, 0) is 4.74 Å². The van der Waals surface area contributed by atoms with Crippen LogP contribution in [0, 0.1) is 5.92 Å². The van der Waals surface area contributed by atoms with E-state index >= 15 is 0 Å². The first-order chi connectivity index (χ1) is 11.4. The molecule has 5 heteroatoms. The van der Waals surface area contributed by atoms with Crippen LogP contribution in [0.3, 0.4) is 0 Å². The van der Waals surface area contributed by atoms with Gasteiger partial charge in [-0.05, 0) is 50.9 Å². The number of hydrogen-bond acceptors (Lipinski definition) is 5. The predicted molar refractivity (Wildman–Crippen MR) is 92.0 cm³/mol. The second-order valence-electron chi connectivity index (χ2n) is 7.16. The molecule has 3 fully saturated rings. The molecule has 4 rings (SSSR count). The topological polar surface area (TPSA) is 41.5 Å². The van der Waals surface area contributed by atoms with E-state index in [1.165, 1.54) is 44.9 Å². The zero-order valence-corrected chi connectivity index (χ0v) is 14.0. The molecule has 1 atom stereocenters. The first-order valence-corrected chi connectivity index (χ1v) is 9.34. The standard InChI is InChI=1S/C18H28N4O/c1-2-8-21(9-3-1)17-13-18(20-14-19-17)22-10-6-15(7-11-22)16-5-4-12-23-16/h13-16H,1-12H2. The van der Waals surface area contributed by atoms with Crippen LogP contribution in [0.2, 0.25) is 0 Å². The molecular formula is C18H28N4O. The van der Waals surface area contributed by atoms with E-state index in [1.807, 2.05) is 0 Å². The lowest BCUT2D eigenvalue weighted by atomic mass is 9.90. The van der Waals surface area contributed by atoms with E-state index < -0.39 is 0 Å². The van der Waals surface area contributed by atoms with Crippen molar-refractivity contribution in [3.05, 3.63) is 12.4 Å². The quantitative estimate of drug-likeness (QED) is 0.858.